The van der Waals surface area contributed by atoms with Crippen molar-refractivity contribution in [2.24, 2.45) is 0 Å². The second-order valence-electron chi connectivity index (χ2n) is 9.04. The summed E-state index contributed by atoms with van der Waals surface area (Å²) in [5.74, 6) is 2.55. The van der Waals surface area contributed by atoms with Gasteiger partial charge in [0.05, 0.1) is 36.5 Å². The van der Waals surface area contributed by atoms with E-state index in [9.17, 15) is 0 Å². The van der Waals surface area contributed by atoms with Gasteiger partial charge in [-0.1, -0.05) is 0 Å². The van der Waals surface area contributed by atoms with Gasteiger partial charge in [-0.3, -0.25) is 0 Å². The molecule has 2 aliphatic rings. The zero-order valence-electron chi connectivity index (χ0n) is 17.1. The van der Waals surface area contributed by atoms with E-state index in [1.807, 2.05) is 4.52 Å². The molecule has 0 N–H and O–H groups in total. The first-order chi connectivity index (χ1) is 12.7. The SMILES string of the molecule is C[C@H]1COC(C)(C)CN1c1cc(N2CC(C)(C)OC[C@@H]2C)n2ncnc2n1. The maximum Gasteiger partial charge on any atom is 0.256 e. The van der Waals surface area contributed by atoms with Crippen LogP contribution in [0.5, 0.6) is 0 Å². The predicted molar refractivity (Wildman–Crippen MR) is 104 cm³/mol. The Morgan fingerprint density at radius 1 is 0.963 bits per heavy atom. The van der Waals surface area contributed by atoms with E-state index in [2.05, 4.69) is 67.5 Å². The molecule has 8 nitrogen and oxygen atoms in total. The molecule has 0 aromatic carbocycles. The lowest BCUT2D eigenvalue weighted by Crippen LogP contribution is -2.54. The normalized spacial score (nSPS) is 27.9. The summed E-state index contributed by atoms with van der Waals surface area (Å²) in [5.41, 5.74) is -0.417. The minimum atomic E-state index is -0.211. The minimum absolute atomic E-state index is 0.206. The second kappa shape index (κ2) is 6.31. The van der Waals surface area contributed by atoms with Gasteiger partial charge < -0.3 is 19.3 Å². The smallest absolute Gasteiger partial charge is 0.256 e. The van der Waals surface area contributed by atoms with E-state index in [4.69, 9.17) is 14.5 Å². The van der Waals surface area contributed by atoms with E-state index in [0.29, 0.717) is 19.0 Å². The summed E-state index contributed by atoms with van der Waals surface area (Å²) in [6.07, 6.45) is 1.57. The van der Waals surface area contributed by atoms with Gasteiger partial charge in [-0.15, -0.1) is 0 Å². The highest BCUT2D eigenvalue weighted by atomic mass is 16.5. The summed E-state index contributed by atoms with van der Waals surface area (Å²) in [5, 5.41) is 4.43. The first-order valence-electron chi connectivity index (χ1n) is 9.67. The standard InChI is InChI=1S/C19H30N6O2/c1-13-8-26-18(3,4)10-23(13)15-7-16(25-17(22-15)20-12-21-25)24-11-19(5,6)27-9-14(24)2/h7,12-14H,8-11H2,1-6H3/t13-,14-/m0/s1. The van der Waals surface area contributed by atoms with Crippen molar-refractivity contribution in [2.75, 3.05) is 36.1 Å². The monoisotopic (exact) mass is 374 g/mol. The van der Waals surface area contributed by atoms with Gasteiger partial charge in [0, 0.05) is 19.2 Å². The molecule has 2 atom stereocenters. The molecule has 148 valence electrons. The molecule has 2 aromatic rings. The highest BCUT2D eigenvalue weighted by molar-refractivity contribution is 5.58. The van der Waals surface area contributed by atoms with Crippen molar-refractivity contribution in [3.05, 3.63) is 12.4 Å². The second-order valence-corrected chi connectivity index (χ2v) is 9.04. The molecule has 0 amide bonds. The van der Waals surface area contributed by atoms with Crippen molar-refractivity contribution in [1.82, 2.24) is 19.6 Å². The number of rotatable bonds is 2. The van der Waals surface area contributed by atoms with Crippen molar-refractivity contribution in [3.8, 4) is 0 Å². The summed E-state index contributed by atoms with van der Waals surface area (Å²) in [6.45, 7) is 15.8. The van der Waals surface area contributed by atoms with Crippen molar-refractivity contribution < 1.29 is 9.47 Å². The van der Waals surface area contributed by atoms with Gasteiger partial charge in [0.25, 0.3) is 5.78 Å². The van der Waals surface area contributed by atoms with Crippen LogP contribution in [-0.2, 0) is 9.47 Å². The van der Waals surface area contributed by atoms with E-state index in [0.717, 1.165) is 24.7 Å². The van der Waals surface area contributed by atoms with Gasteiger partial charge in [0.2, 0.25) is 0 Å². The van der Waals surface area contributed by atoms with E-state index >= 15 is 0 Å². The molecule has 2 fully saturated rings. The largest absolute Gasteiger partial charge is 0.372 e. The number of aromatic nitrogens is 4. The van der Waals surface area contributed by atoms with Crippen LogP contribution in [0.25, 0.3) is 5.78 Å². The maximum atomic E-state index is 5.98. The van der Waals surface area contributed by atoms with Crippen LogP contribution < -0.4 is 9.80 Å². The first-order valence-corrected chi connectivity index (χ1v) is 9.67. The van der Waals surface area contributed by atoms with Gasteiger partial charge in [-0.05, 0) is 41.5 Å². The van der Waals surface area contributed by atoms with Crippen molar-refractivity contribution in [3.63, 3.8) is 0 Å². The Labute approximate surface area is 160 Å². The number of nitrogens with zero attached hydrogens (tertiary/aromatic N) is 6. The van der Waals surface area contributed by atoms with E-state index in [1.54, 1.807) is 6.33 Å². The Kier molecular flexibility index (Phi) is 4.31. The van der Waals surface area contributed by atoms with E-state index in [-0.39, 0.29) is 23.3 Å². The average molecular weight is 374 g/mol. The number of morpholine rings is 2. The summed E-state index contributed by atoms with van der Waals surface area (Å²) < 4.78 is 13.8. The van der Waals surface area contributed by atoms with Gasteiger partial charge in [0.15, 0.2) is 0 Å². The Balaban J connectivity index is 1.78. The van der Waals surface area contributed by atoms with Gasteiger partial charge >= 0.3 is 0 Å². The summed E-state index contributed by atoms with van der Waals surface area (Å²) in [4.78, 5) is 13.8. The molecule has 2 aliphatic heterocycles. The zero-order chi connectivity index (χ0) is 19.4. The molecule has 0 spiro atoms. The molecule has 2 saturated heterocycles. The molecular weight excluding hydrogens is 344 g/mol. The predicted octanol–water partition coefficient (Wildman–Crippen LogP) is 2.13. The summed E-state index contributed by atoms with van der Waals surface area (Å²) in [7, 11) is 0. The number of hydrogen-bond donors (Lipinski definition) is 0. The van der Waals surface area contributed by atoms with Crippen LogP contribution in [0, 0.1) is 0 Å². The lowest BCUT2D eigenvalue weighted by Gasteiger charge is -2.45. The van der Waals surface area contributed by atoms with Crippen LogP contribution in [0.4, 0.5) is 11.6 Å². The number of fused-ring (bicyclic) bond motifs is 1. The average Bonchev–Trinajstić information content (AvgIpc) is 3.07. The van der Waals surface area contributed by atoms with Crippen molar-refractivity contribution in [1.29, 1.82) is 0 Å². The van der Waals surface area contributed by atoms with Crippen molar-refractivity contribution >= 4 is 17.4 Å². The molecule has 0 bridgehead atoms. The number of anilines is 2. The zero-order valence-corrected chi connectivity index (χ0v) is 17.1. The first kappa shape index (κ1) is 18.4. The Bertz CT molecular complexity index is 833. The fraction of sp³-hybridized carbons (Fsp3) is 0.737. The van der Waals surface area contributed by atoms with E-state index < -0.39 is 0 Å². The molecule has 2 aromatic heterocycles. The summed E-state index contributed by atoms with van der Waals surface area (Å²) >= 11 is 0. The fourth-order valence-corrected chi connectivity index (χ4v) is 3.85. The van der Waals surface area contributed by atoms with Gasteiger partial charge in [-0.2, -0.15) is 19.6 Å². The third-order valence-corrected chi connectivity index (χ3v) is 5.40. The molecule has 27 heavy (non-hydrogen) atoms. The Hall–Kier alpha value is -1.93. The quantitative estimate of drug-likeness (QED) is 0.798. The summed E-state index contributed by atoms with van der Waals surface area (Å²) in [6, 6.07) is 2.64. The van der Waals surface area contributed by atoms with Crippen LogP contribution in [0.2, 0.25) is 0 Å². The Morgan fingerprint density at radius 3 is 2.22 bits per heavy atom. The lowest BCUT2D eigenvalue weighted by atomic mass is 10.0. The van der Waals surface area contributed by atoms with Crippen LogP contribution in [0.3, 0.4) is 0 Å². The lowest BCUT2D eigenvalue weighted by molar-refractivity contribution is -0.0426. The molecule has 4 heterocycles. The molecule has 0 aliphatic carbocycles. The van der Waals surface area contributed by atoms with Crippen LogP contribution in [-0.4, -0.2) is 69.2 Å². The highest BCUT2D eigenvalue weighted by Crippen LogP contribution is 2.31. The van der Waals surface area contributed by atoms with Gasteiger partial charge in [-0.25, -0.2) is 0 Å². The third kappa shape index (κ3) is 3.48. The Morgan fingerprint density at radius 2 is 1.56 bits per heavy atom. The third-order valence-electron chi connectivity index (χ3n) is 5.40. The van der Waals surface area contributed by atoms with Gasteiger partial charge in [0.1, 0.15) is 18.0 Å². The van der Waals surface area contributed by atoms with Crippen LogP contribution in [0.15, 0.2) is 12.4 Å². The van der Waals surface area contributed by atoms with Crippen LogP contribution >= 0.6 is 0 Å². The van der Waals surface area contributed by atoms with Crippen molar-refractivity contribution in [2.45, 2.75) is 64.8 Å². The molecule has 0 unspecified atom stereocenters. The number of hydrogen-bond acceptors (Lipinski definition) is 7. The molecule has 8 heteroatoms. The van der Waals surface area contributed by atoms with E-state index in [1.165, 1.54) is 0 Å². The topological polar surface area (TPSA) is 68.0 Å². The molecule has 0 saturated carbocycles. The molecular formula is C19H30N6O2. The molecule has 0 radical (unpaired) electrons. The fourth-order valence-electron chi connectivity index (χ4n) is 3.85. The highest BCUT2D eigenvalue weighted by Gasteiger charge is 2.36. The number of ether oxygens (including phenoxy) is 2. The van der Waals surface area contributed by atoms with Crippen LogP contribution in [0.1, 0.15) is 41.5 Å². The maximum absolute atomic E-state index is 5.98. The minimum Gasteiger partial charge on any atom is -0.372 e. The molecule has 4 rings (SSSR count).